The van der Waals surface area contributed by atoms with E-state index in [0.717, 1.165) is 12.2 Å². The molecule has 3 N–H and O–H groups in total. The van der Waals surface area contributed by atoms with Crippen molar-refractivity contribution in [3.05, 3.63) is 35.2 Å². The lowest BCUT2D eigenvalue weighted by Gasteiger charge is -2.16. The highest BCUT2D eigenvalue weighted by Gasteiger charge is 2.12. The Morgan fingerprint density at radius 3 is 3.06 bits per heavy atom. The largest absolute Gasteiger partial charge is 0.271 e. The number of benzene rings is 1. The lowest BCUT2D eigenvalue weighted by molar-refractivity contribution is 0.547. The Bertz CT molecular complexity index is 453. The van der Waals surface area contributed by atoms with Crippen molar-refractivity contribution in [2.75, 3.05) is 12.0 Å². The summed E-state index contributed by atoms with van der Waals surface area (Å²) in [5, 5.41) is 3.45. The molecular weight excluding hydrogens is 236 g/mol. The van der Waals surface area contributed by atoms with Gasteiger partial charge in [-0.25, -0.2) is 0 Å². The van der Waals surface area contributed by atoms with Crippen molar-refractivity contribution < 1.29 is 0 Å². The molecule has 2 aromatic rings. The standard InChI is InChI=1S/C12H16N2S2/c1-15-7-6-11(14-13)10-4-2-3-9-5-8-16-12(9)10/h2-5,8,11,14H,6-7,13H2,1H3. The van der Waals surface area contributed by atoms with Crippen LogP contribution < -0.4 is 11.3 Å². The van der Waals surface area contributed by atoms with Crippen LogP contribution in [0.2, 0.25) is 0 Å². The van der Waals surface area contributed by atoms with Crippen LogP contribution in [0.4, 0.5) is 0 Å². The Morgan fingerprint density at radius 2 is 2.31 bits per heavy atom. The summed E-state index contributed by atoms with van der Waals surface area (Å²) in [5.41, 5.74) is 4.25. The van der Waals surface area contributed by atoms with Gasteiger partial charge >= 0.3 is 0 Å². The number of nitrogens with two attached hydrogens (primary N) is 1. The van der Waals surface area contributed by atoms with E-state index in [1.165, 1.54) is 15.6 Å². The van der Waals surface area contributed by atoms with E-state index >= 15 is 0 Å². The third kappa shape index (κ3) is 2.40. The Labute approximate surface area is 104 Å². The van der Waals surface area contributed by atoms with Crippen molar-refractivity contribution >= 4 is 33.2 Å². The molecule has 0 fully saturated rings. The van der Waals surface area contributed by atoms with Crippen molar-refractivity contribution in [3.63, 3.8) is 0 Å². The highest BCUT2D eigenvalue weighted by molar-refractivity contribution is 7.98. The van der Waals surface area contributed by atoms with E-state index in [4.69, 9.17) is 5.84 Å². The Hall–Kier alpha value is -0.550. The van der Waals surface area contributed by atoms with Gasteiger partial charge in [-0.3, -0.25) is 11.3 Å². The highest BCUT2D eigenvalue weighted by Crippen LogP contribution is 2.30. The molecule has 86 valence electrons. The van der Waals surface area contributed by atoms with Gasteiger partial charge in [-0.2, -0.15) is 11.8 Å². The SMILES string of the molecule is CSCCC(NN)c1cccc2ccsc12. The molecular formula is C12H16N2S2. The van der Waals surface area contributed by atoms with E-state index in [0.29, 0.717) is 0 Å². The summed E-state index contributed by atoms with van der Waals surface area (Å²) in [6.07, 6.45) is 3.19. The van der Waals surface area contributed by atoms with Crippen LogP contribution >= 0.6 is 23.1 Å². The first-order chi connectivity index (χ1) is 7.86. The lowest BCUT2D eigenvalue weighted by atomic mass is 10.0. The Kier molecular flexibility index (Phi) is 4.23. The number of nitrogens with one attached hydrogen (secondary N) is 1. The molecule has 0 aliphatic rings. The molecule has 1 atom stereocenters. The fraction of sp³-hybridized carbons (Fsp3) is 0.333. The second kappa shape index (κ2) is 5.68. The first-order valence-electron chi connectivity index (χ1n) is 5.28. The lowest BCUT2D eigenvalue weighted by Crippen LogP contribution is -2.28. The van der Waals surface area contributed by atoms with Crippen molar-refractivity contribution in [3.8, 4) is 0 Å². The average molecular weight is 252 g/mol. The second-order valence-corrected chi connectivity index (χ2v) is 5.59. The zero-order chi connectivity index (χ0) is 11.4. The van der Waals surface area contributed by atoms with Gasteiger partial charge in [0.2, 0.25) is 0 Å². The molecule has 0 spiro atoms. The van der Waals surface area contributed by atoms with Crippen LogP contribution in [-0.2, 0) is 0 Å². The van der Waals surface area contributed by atoms with E-state index in [9.17, 15) is 0 Å². The molecule has 1 heterocycles. The molecule has 2 rings (SSSR count). The van der Waals surface area contributed by atoms with Crippen molar-refractivity contribution in [1.29, 1.82) is 0 Å². The van der Waals surface area contributed by atoms with Gasteiger partial charge in [0.05, 0.1) is 0 Å². The molecule has 0 saturated heterocycles. The van der Waals surface area contributed by atoms with Gasteiger partial charge < -0.3 is 0 Å². The van der Waals surface area contributed by atoms with Gasteiger partial charge in [0.15, 0.2) is 0 Å². The first kappa shape index (κ1) is 11.9. The molecule has 0 radical (unpaired) electrons. The van der Waals surface area contributed by atoms with Gasteiger partial charge in [0.1, 0.15) is 0 Å². The number of hydrogen-bond donors (Lipinski definition) is 2. The number of rotatable bonds is 5. The van der Waals surface area contributed by atoms with Crippen LogP contribution in [0.25, 0.3) is 10.1 Å². The smallest absolute Gasteiger partial charge is 0.0482 e. The van der Waals surface area contributed by atoms with Gasteiger partial charge in [-0.15, -0.1) is 11.3 Å². The second-order valence-electron chi connectivity index (χ2n) is 3.69. The number of hydrogen-bond acceptors (Lipinski definition) is 4. The minimum atomic E-state index is 0.259. The quantitative estimate of drug-likeness (QED) is 0.634. The highest BCUT2D eigenvalue weighted by atomic mass is 32.2. The molecule has 0 saturated carbocycles. The van der Waals surface area contributed by atoms with Crippen LogP contribution in [0.3, 0.4) is 0 Å². The molecule has 16 heavy (non-hydrogen) atoms. The van der Waals surface area contributed by atoms with E-state index in [-0.39, 0.29) is 6.04 Å². The number of hydrazine groups is 1. The van der Waals surface area contributed by atoms with Crippen molar-refractivity contribution in [2.24, 2.45) is 5.84 Å². The maximum absolute atomic E-state index is 5.65. The maximum Gasteiger partial charge on any atom is 0.0482 e. The topological polar surface area (TPSA) is 38.0 Å². The van der Waals surface area contributed by atoms with E-state index in [1.807, 2.05) is 11.8 Å². The van der Waals surface area contributed by atoms with E-state index in [2.05, 4.69) is 41.3 Å². The summed E-state index contributed by atoms with van der Waals surface area (Å²) >= 11 is 3.64. The van der Waals surface area contributed by atoms with Crippen LogP contribution in [0.5, 0.6) is 0 Å². The van der Waals surface area contributed by atoms with Crippen molar-refractivity contribution in [1.82, 2.24) is 5.43 Å². The molecule has 1 aromatic carbocycles. The predicted octanol–water partition coefficient (Wildman–Crippen LogP) is 3.16. The third-order valence-corrected chi connectivity index (χ3v) is 4.32. The fourth-order valence-electron chi connectivity index (χ4n) is 1.85. The summed E-state index contributed by atoms with van der Waals surface area (Å²) in [6.45, 7) is 0. The van der Waals surface area contributed by atoms with Crippen molar-refractivity contribution in [2.45, 2.75) is 12.5 Å². The molecule has 2 nitrogen and oxygen atoms in total. The van der Waals surface area contributed by atoms with Gasteiger partial charge in [0, 0.05) is 10.7 Å². The third-order valence-electron chi connectivity index (χ3n) is 2.70. The van der Waals surface area contributed by atoms with E-state index in [1.54, 1.807) is 11.3 Å². The molecule has 4 heteroatoms. The number of thioether (sulfide) groups is 1. The zero-order valence-electron chi connectivity index (χ0n) is 9.27. The van der Waals surface area contributed by atoms with E-state index < -0.39 is 0 Å². The monoisotopic (exact) mass is 252 g/mol. The minimum Gasteiger partial charge on any atom is -0.271 e. The average Bonchev–Trinajstić information content (AvgIpc) is 2.78. The summed E-state index contributed by atoms with van der Waals surface area (Å²) in [7, 11) is 0. The molecule has 1 unspecified atom stereocenters. The molecule has 0 aliphatic carbocycles. The van der Waals surface area contributed by atoms with Crippen LogP contribution in [0.15, 0.2) is 29.6 Å². The minimum absolute atomic E-state index is 0.259. The molecule has 1 aromatic heterocycles. The van der Waals surface area contributed by atoms with Crippen LogP contribution in [-0.4, -0.2) is 12.0 Å². The zero-order valence-corrected chi connectivity index (χ0v) is 10.9. The maximum atomic E-state index is 5.65. The number of fused-ring (bicyclic) bond motifs is 1. The fourth-order valence-corrected chi connectivity index (χ4v) is 3.30. The predicted molar refractivity (Wildman–Crippen MR) is 74.9 cm³/mol. The number of thiophene rings is 1. The summed E-state index contributed by atoms with van der Waals surface area (Å²) in [5.74, 6) is 6.77. The van der Waals surface area contributed by atoms with Gasteiger partial charge in [-0.05, 0) is 40.8 Å². The molecule has 0 aliphatic heterocycles. The summed E-state index contributed by atoms with van der Waals surface area (Å²) in [4.78, 5) is 0. The van der Waals surface area contributed by atoms with Crippen LogP contribution in [0, 0.1) is 0 Å². The molecule has 0 amide bonds. The summed E-state index contributed by atoms with van der Waals surface area (Å²) in [6, 6.07) is 8.84. The first-order valence-corrected chi connectivity index (χ1v) is 7.55. The van der Waals surface area contributed by atoms with Gasteiger partial charge in [-0.1, -0.05) is 18.2 Å². The normalized spacial score (nSPS) is 13.1. The van der Waals surface area contributed by atoms with Gasteiger partial charge in [0.25, 0.3) is 0 Å². The summed E-state index contributed by atoms with van der Waals surface area (Å²) < 4.78 is 1.35. The van der Waals surface area contributed by atoms with Crippen LogP contribution in [0.1, 0.15) is 18.0 Å². The Balaban J connectivity index is 2.32. The molecule has 0 bridgehead atoms. The Morgan fingerprint density at radius 1 is 1.44 bits per heavy atom.